The van der Waals surface area contributed by atoms with Crippen LogP contribution in [0.25, 0.3) is 0 Å². The summed E-state index contributed by atoms with van der Waals surface area (Å²) < 4.78 is 0. The third-order valence-electron chi connectivity index (χ3n) is 4.61. The van der Waals surface area contributed by atoms with Gasteiger partial charge in [0.15, 0.2) is 0 Å². The second kappa shape index (κ2) is 8.07. The highest BCUT2D eigenvalue weighted by molar-refractivity contribution is 5.25. The predicted octanol–water partition coefficient (Wildman–Crippen LogP) is 4.24. The highest BCUT2D eigenvalue weighted by Gasteiger charge is 2.20. The number of hydrogen-bond donors (Lipinski definition) is 1. The lowest BCUT2D eigenvalue weighted by Crippen LogP contribution is -2.36. The van der Waals surface area contributed by atoms with Crippen molar-refractivity contribution < 1.29 is 0 Å². The van der Waals surface area contributed by atoms with Gasteiger partial charge in [0.25, 0.3) is 0 Å². The lowest BCUT2D eigenvalue weighted by atomic mass is 9.92. The van der Waals surface area contributed by atoms with Gasteiger partial charge in [-0.05, 0) is 31.2 Å². The highest BCUT2D eigenvalue weighted by Crippen LogP contribution is 2.25. The third-order valence-corrected chi connectivity index (χ3v) is 4.61. The van der Waals surface area contributed by atoms with Gasteiger partial charge >= 0.3 is 0 Å². The summed E-state index contributed by atoms with van der Waals surface area (Å²) in [4.78, 5) is 0. The van der Waals surface area contributed by atoms with Crippen molar-refractivity contribution in [2.24, 2.45) is 5.92 Å². The Morgan fingerprint density at radius 3 is 2.40 bits per heavy atom. The average Bonchev–Trinajstić information content (AvgIpc) is 2.78. The number of benzene rings is 1. The zero-order valence-corrected chi connectivity index (χ0v) is 12.5. The molecule has 0 heterocycles. The summed E-state index contributed by atoms with van der Waals surface area (Å²) in [5, 5.41) is 13.0. The average molecular weight is 270 g/mol. The maximum absolute atomic E-state index is 9.36. The molecule has 0 amide bonds. The minimum absolute atomic E-state index is 0.0376. The zero-order chi connectivity index (χ0) is 14.2. The van der Waals surface area contributed by atoms with Crippen molar-refractivity contribution in [3.8, 4) is 6.07 Å². The number of rotatable bonds is 5. The number of hydrogen-bond acceptors (Lipinski definition) is 2. The van der Waals surface area contributed by atoms with Crippen molar-refractivity contribution in [1.29, 1.82) is 5.26 Å². The molecule has 20 heavy (non-hydrogen) atoms. The summed E-state index contributed by atoms with van der Waals surface area (Å²) >= 11 is 0. The molecule has 108 valence electrons. The van der Waals surface area contributed by atoms with Gasteiger partial charge in [-0.25, -0.2) is 0 Å². The molecule has 0 aromatic heterocycles. The van der Waals surface area contributed by atoms with Crippen LogP contribution in [0.4, 0.5) is 0 Å². The van der Waals surface area contributed by atoms with Crippen molar-refractivity contribution in [1.82, 2.24) is 5.32 Å². The maximum Gasteiger partial charge on any atom is 0.0837 e. The summed E-state index contributed by atoms with van der Waals surface area (Å²) in [7, 11) is 0. The van der Waals surface area contributed by atoms with E-state index < -0.39 is 0 Å². The molecule has 1 saturated carbocycles. The van der Waals surface area contributed by atoms with Gasteiger partial charge in [0.05, 0.1) is 12.0 Å². The highest BCUT2D eigenvalue weighted by atomic mass is 14.9. The lowest BCUT2D eigenvalue weighted by molar-refractivity contribution is 0.337. The molecular weight excluding hydrogens is 244 g/mol. The molecule has 2 heteroatoms. The van der Waals surface area contributed by atoms with Crippen LogP contribution in [-0.4, -0.2) is 12.6 Å². The van der Waals surface area contributed by atoms with Gasteiger partial charge in [-0.2, -0.15) is 5.26 Å². The van der Waals surface area contributed by atoms with Gasteiger partial charge in [0.1, 0.15) is 0 Å². The molecule has 1 aromatic rings. The quantitative estimate of drug-likeness (QED) is 0.812. The Hall–Kier alpha value is -1.33. The molecule has 1 aliphatic carbocycles. The van der Waals surface area contributed by atoms with Gasteiger partial charge < -0.3 is 5.32 Å². The molecule has 2 nitrogen and oxygen atoms in total. The molecular formula is C18H26N2. The van der Waals surface area contributed by atoms with Crippen molar-refractivity contribution >= 4 is 0 Å². The van der Waals surface area contributed by atoms with Crippen LogP contribution in [0.2, 0.25) is 0 Å². The molecule has 2 rings (SSSR count). The molecule has 0 spiro atoms. The first kappa shape index (κ1) is 15.1. The van der Waals surface area contributed by atoms with Crippen molar-refractivity contribution in [3.05, 3.63) is 35.9 Å². The van der Waals surface area contributed by atoms with Crippen LogP contribution in [0.3, 0.4) is 0 Å². The van der Waals surface area contributed by atoms with Crippen LogP contribution in [0.5, 0.6) is 0 Å². The van der Waals surface area contributed by atoms with E-state index in [-0.39, 0.29) is 5.92 Å². The van der Waals surface area contributed by atoms with Crippen LogP contribution in [-0.2, 0) is 0 Å². The fourth-order valence-corrected chi connectivity index (χ4v) is 3.20. The van der Waals surface area contributed by atoms with Gasteiger partial charge in [-0.15, -0.1) is 0 Å². The lowest BCUT2D eigenvalue weighted by Gasteiger charge is -2.24. The van der Waals surface area contributed by atoms with E-state index in [1.807, 2.05) is 30.3 Å². The second-order valence-electron chi connectivity index (χ2n) is 6.04. The second-order valence-corrected chi connectivity index (χ2v) is 6.04. The Labute approximate surface area is 123 Å². The smallest absolute Gasteiger partial charge is 0.0837 e. The topological polar surface area (TPSA) is 35.8 Å². The standard InChI is InChI=1S/C18H26N2/c1-15(16-9-5-2-3-6-10-16)20-14-18(13-19)17-11-7-4-8-12-17/h4,7-8,11-12,15-16,18,20H,2-3,5-6,9-10,14H2,1H3/t15-,18?/m1/s1. The molecule has 1 aromatic carbocycles. The van der Waals surface area contributed by atoms with E-state index in [9.17, 15) is 5.26 Å². The molecule has 1 aliphatic rings. The van der Waals surface area contributed by atoms with E-state index in [1.165, 1.54) is 38.5 Å². The zero-order valence-electron chi connectivity index (χ0n) is 12.5. The van der Waals surface area contributed by atoms with E-state index in [1.54, 1.807) is 0 Å². The SMILES string of the molecule is C[C@@H](NCC(C#N)c1ccccc1)C1CCCCCC1. The molecule has 0 saturated heterocycles. The fraction of sp³-hybridized carbons (Fsp3) is 0.611. The van der Waals surface area contributed by atoms with Gasteiger partial charge in [-0.3, -0.25) is 0 Å². The van der Waals surface area contributed by atoms with E-state index in [2.05, 4.69) is 18.3 Å². The van der Waals surface area contributed by atoms with Crippen LogP contribution < -0.4 is 5.32 Å². The van der Waals surface area contributed by atoms with Crippen LogP contribution in [0.1, 0.15) is 56.9 Å². The van der Waals surface area contributed by atoms with Crippen LogP contribution in [0, 0.1) is 17.2 Å². The summed E-state index contributed by atoms with van der Waals surface area (Å²) in [5.41, 5.74) is 1.12. The van der Waals surface area contributed by atoms with Gasteiger partial charge in [0.2, 0.25) is 0 Å². The van der Waals surface area contributed by atoms with Crippen molar-refractivity contribution in [2.45, 2.75) is 57.4 Å². The Balaban J connectivity index is 1.85. The Bertz CT molecular complexity index is 413. The normalized spacial score (nSPS) is 19.8. The Morgan fingerprint density at radius 1 is 1.15 bits per heavy atom. The fourth-order valence-electron chi connectivity index (χ4n) is 3.20. The first-order valence-electron chi connectivity index (χ1n) is 7.99. The van der Waals surface area contributed by atoms with Gasteiger partial charge in [0, 0.05) is 12.6 Å². The minimum atomic E-state index is -0.0376. The van der Waals surface area contributed by atoms with E-state index in [0.717, 1.165) is 18.0 Å². The summed E-state index contributed by atoms with van der Waals surface area (Å²) in [5.74, 6) is 0.747. The number of nitrogens with zero attached hydrogens (tertiary/aromatic N) is 1. The number of nitrogens with one attached hydrogen (secondary N) is 1. The van der Waals surface area contributed by atoms with E-state index in [0.29, 0.717) is 6.04 Å². The van der Waals surface area contributed by atoms with Gasteiger partial charge in [-0.1, -0.05) is 56.0 Å². The first-order valence-corrected chi connectivity index (χ1v) is 7.99. The summed E-state index contributed by atoms with van der Waals surface area (Å²) in [6.45, 7) is 3.05. The third kappa shape index (κ3) is 4.35. The molecule has 0 radical (unpaired) electrons. The van der Waals surface area contributed by atoms with Crippen molar-refractivity contribution in [2.75, 3.05) is 6.54 Å². The van der Waals surface area contributed by atoms with Crippen LogP contribution >= 0.6 is 0 Å². The first-order chi connectivity index (χ1) is 9.81. The molecule has 2 atom stereocenters. The van der Waals surface area contributed by atoms with Crippen molar-refractivity contribution in [3.63, 3.8) is 0 Å². The summed E-state index contributed by atoms with van der Waals surface area (Å²) in [6, 6.07) is 13.1. The molecule has 0 bridgehead atoms. The summed E-state index contributed by atoms with van der Waals surface area (Å²) in [6.07, 6.45) is 8.23. The molecule has 1 N–H and O–H groups in total. The minimum Gasteiger partial charge on any atom is -0.312 e. The molecule has 0 aliphatic heterocycles. The largest absolute Gasteiger partial charge is 0.312 e. The maximum atomic E-state index is 9.36. The number of nitriles is 1. The van der Waals surface area contributed by atoms with E-state index >= 15 is 0 Å². The monoisotopic (exact) mass is 270 g/mol. The Kier molecular flexibility index (Phi) is 6.08. The van der Waals surface area contributed by atoms with Crippen LogP contribution in [0.15, 0.2) is 30.3 Å². The predicted molar refractivity (Wildman–Crippen MR) is 83.5 cm³/mol. The van der Waals surface area contributed by atoms with E-state index in [4.69, 9.17) is 0 Å². The molecule has 1 fully saturated rings. The Morgan fingerprint density at radius 2 is 1.80 bits per heavy atom. The molecule has 1 unspecified atom stereocenters.